The molecule has 0 radical (unpaired) electrons. The van der Waals surface area contributed by atoms with Gasteiger partial charge in [0, 0.05) is 17.7 Å². The summed E-state index contributed by atoms with van der Waals surface area (Å²) in [5.41, 5.74) is 1.00. The molecule has 1 saturated heterocycles. The molecule has 206 valence electrons. The van der Waals surface area contributed by atoms with E-state index >= 15 is 0 Å². The Kier molecular flexibility index (Phi) is 15.1. The van der Waals surface area contributed by atoms with E-state index in [0.717, 1.165) is 51.4 Å². The number of methoxy groups -OCH3 is 2. The number of unbranched alkanes of at least 4 members (excludes halogenated alkanes) is 7. The first-order chi connectivity index (χ1) is 17.2. The van der Waals surface area contributed by atoms with Gasteiger partial charge in [-0.3, -0.25) is 0 Å². The smallest absolute Gasteiger partial charge is 0.547 e. The van der Waals surface area contributed by atoms with Gasteiger partial charge in [0.2, 0.25) is 17.8 Å². The van der Waals surface area contributed by atoms with Crippen LogP contribution in [0, 0.1) is 6.92 Å². The molecular weight excluding hydrogens is 499 g/mol. The van der Waals surface area contributed by atoms with Crippen LogP contribution in [0.4, 0.5) is 0 Å². The third kappa shape index (κ3) is 8.59. The maximum atomic E-state index is 11.3. The molecule has 0 bridgehead atoms. The van der Waals surface area contributed by atoms with E-state index in [1.807, 2.05) is 0 Å². The van der Waals surface area contributed by atoms with Crippen molar-refractivity contribution in [3.05, 3.63) is 11.1 Å². The molecule has 5 N–H and O–H groups in total. The average molecular weight is 539 g/mol. The van der Waals surface area contributed by atoms with Gasteiger partial charge >= 0.3 is 29.6 Å². The Morgan fingerprint density at radius 1 is 0.865 bits per heavy atom. The third-order valence-electron chi connectivity index (χ3n) is 6.49. The molecule has 12 heteroatoms. The van der Waals surface area contributed by atoms with Crippen molar-refractivity contribution in [3.63, 3.8) is 0 Å². The van der Waals surface area contributed by atoms with Crippen LogP contribution in [0.15, 0.2) is 0 Å². The quantitative estimate of drug-likeness (QED) is 0.116. The second-order valence-corrected chi connectivity index (χ2v) is 8.98. The zero-order valence-electron chi connectivity index (χ0n) is 22.1. The van der Waals surface area contributed by atoms with E-state index in [2.05, 4.69) is 0 Å². The summed E-state index contributed by atoms with van der Waals surface area (Å²) in [6, 6.07) is 0. The van der Waals surface area contributed by atoms with Gasteiger partial charge in [-0.15, -0.1) is 0 Å². The fourth-order valence-corrected chi connectivity index (χ4v) is 4.39. The van der Waals surface area contributed by atoms with Gasteiger partial charge in [-0.05, 0) is 26.2 Å². The summed E-state index contributed by atoms with van der Waals surface area (Å²) in [4.78, 5) is 11.3. The molecule has 5 atom stereocenters. The molecule has 1 heterocycles. The summed E-state index contributed by atoms with van der Waals surface area (Å²) in [5, 5.41) is 61.4. The molecule has 1 fully saturated rings. The molecule has 0 spiro atoms. The van der Waals surface area contributed by atoms with Gasteiger partial charge in [-0.1, -0.05) is 38.5 Å². The number of aliphatic carboxylic acids is 1. The maximum Gasteiger partial charge on any atom is 1.00 e. The molecule has 2 rings (SSSR count). The van der Waals surface area contributed by atoms with Crippen molar-refractivity contribution in [1.82, 2.24) is 0 Å². The molecule has 0 aliphatic carbocycles. The fourth-order valence-electron chi connectivity index (χ4n) is 4.39. The van der Waals surface area contributed by atoms with Crippen LogP contribution in [0.3, 0.4) is 0 Å². The molecule has 1 aromatic rings. The van der Waals surface area contributed by atoms with Crippen LogP contribution in [0.1, 0.15) is 62.5 Å². The van der Waals surface area contributed by atoms with Crippen LogP contribution in [0.2, 0.25) is 0 Å². The van der Waals surface area contributed by atoms with E-state index < -0.39 is 36.7 Å². The predicted molar refractivity (Wildman–Crippen MR) is 126 cm³/mol. The average Bonchev–Trinajstić information content (AvgIpc) is 2.85. The van der Waals surface area contributed by atoms with Crippen LogP contribution in [0.25, 0.3) is 0 Å². The summed E-state index contributed by atoms with van der Waals surface area (Å²) >= 11 is 0. The normalized spacial score (nSPS) is 23.3. The van der Waals surface area contributed by atoms with Crippen molar-refractivity contribution < 1.29 is 83.9 Å². The van der Waals surface area contributed by atoms with E-state index in [-0.39, 0.29) is 59.2 Å². The van der Waals surface area contributed by atoms with Crippen LogP contribution in [-0.2, 0) is 16.0 Å². The predicted octanol–water partition coefficient (Wildman–Crippen LogP) is -2.69. The number of aliphatic hydroxyl groups excluding tert-OH is 4. The second-order valence-electron chi connectivity index (χ2n) is 8.98. The van der Waals surface area contributed by atoms with Crippen LogP contribution < -0.4 is 48.9 Å². The van der Waals surface area contributed by atoms with Gasteiger partial charge in [0.1, 0.15) is 24.4 Å². The number of hydrogen-bond donors (Lipinski definition) is 5. The van der Waals surface area contributed by atoms with Gasteiger partial charge < -0.3 is 54.4 Å². The third-order valence-corrected chi connectivity index (χ3v) is 6.49. The van der Waals surface area contributed by atoms with E-state index in [0.29, 0.717) is 17.5 Å². The van der Waals surface area contributed by atoms with Crippen molar-refractivity contribution in [2.75, 3.05) is 20.8 Å². The molecule has 1 aromatic carbocycles. The number of ether oxygens (including phenoxy) is 4. The number of aromatic hydroxyl groups is 1. The Balaban J connectivity index is 0.00000684. The number of carbonyl (C=O) groups excluding carboxylic acids is 1. The maximum absolute atomic E-state index is 11.3. The molecular formula is C25H39NaO11. The summed E-state index contributed by atoms with van der Waals surface area (Å²) in [7, 11) is 2.67. The fraction of sp³-hybridized carbons (Fsp3) is 0.720. The minimum atomic E-state index is -1.93. The number of phenolic OH excluding ortho intramolecular Hbond substituents is 1. The van der Waals surface area contributed by atoms with Crippen LogP contribution in [0.5, 0.6) is 23.0 Å². The molecule has 37 heavy (non-hydrogen) atoms. The number of hydrogen-bond acceptors (Lipinski definition) is 11. The Morgan fingerprint density at radius 3 is 1.92 bits per heavy atom. The topological polar surface area (TPSA) is 178 Å². The molecule has 0 saturated carbocycles. The number of carboxylic acids is 1. The van der Waals surface area contributed by atoms with E-state index in [1.54, 1.807) is 6.92 Å². The minimum absolute atomic E-state index is 0. The standard InChI is InChI=1S/C25H40O11.Na/c1-14-15(12-10-8-6-4-5-7-9-11-13-26)16(27)21(33-2)23(34-3)20(14)35-25-19(30)17(28)18(29)22(36-25)24(31)32;/h17-19,22,25-30H,4-13H2,1-3H3,(H,31,32);/q;+1/p-1/t17?,18-,19?,22?,25+;/m1./s1. The van der Waals surface area contributed by atoms with E-state index in [9.17, 15) is 30.3 Å². The first-order valence-electron chi connectivity index (χ1n) is 12.3. The number of carbonyl (C=O) groups is 1. The number of phenols is 1. The van der Waals surface area contributed by atoms with Crippen LogP contribution >= 0.6 is 0 Å². The zero-order chi connectivity index (χ0) is 26.8. The summed E-state index contributed by atoms with van der Waals surface area (Å²) in [5.74, 6) is -1.85. The van der Waals surface area contributed by atoms with Crippen molar-refractivity contribution >= 4 is 5.97 Å². The Morgan fingerprint density at radius 2 is 1.41 bits per heavy atom. The van der Waals surface area contributed by atoms with E-state index in [4.69, 9.17) is 24.1 Å². The molecule has 1 aliphatic heterocycles. The molecule has 3 unspecified atom stereocenters. The van der Waals surface area contributed by atoms with Crippen LogP contribution in [-0.4, -0.2) is 83.0 Å². The Hall–Kier alpha value is -1.31. The van der Waals surface area contributed by atoms with E-state index in [1.165, 1.54) is 14.2 Å². The Labute approximate surface area is 239 Å². The first kappa shape index (κ1) is 33.7. The van der Waals surface area contributed by atoms with Crippen molar-refractivity contribution in [2.45, 2.75) is 95.4 Å². The molecule has 1 aliphatic rings. The van der Waals surface area contributed by atoms with Crippen molar-refractivity contribution in [2.24, 2.45) is 0 Å². The zero-order valence-corrected chi connectivity index (χ0v) is 24.1. The second kappa shape index (κ2) is 16.6. The number of aliphatic hydroxyl groups is 4. The number of carboxylic acid groups (broad SMARTS) is 1. The molecule has 0 amide bonds. The first-order valence-corrected chi connectivity index (χ1v) is 12.3. The van der Waals surface area contributed by atoms with Gasteiger partial charge in [0.05, 0.1) is 20.2 Å². The van der Waals surface area contributed by atoms with Gasteiger partial charge in [0.15, 0.2) is 11.5 Å². The van der Waals surface area contributed by atoms with Gasteiger partial charge in [-0.25, -0.2) is 0 Å². The van der Waals surface area contributed by atoms with Gasteiger partial charge in [0.25, 0.3) is 0 Å². The largest absolute Gasteiger partial charge is 1.00 e. The minimum Gasteiger partial charge on any atom is -0.547 e. The number of benzene rings is 1. The summed E-state index contributed by atoms with van der Waals surface area (Å²) in [6.07, 6.45) is -0.769. The van der Waals surface area contributed by atoms with Gasteiger partial charge in [-0.2, -0.15) is 0 Å². The van der Waals surface area contributed by atoms with Crippen molar-refractivity contribution in [3.8, 4) is 23.0 Å². The summed E-state index contributed by atoms with van der Waals surface area (Å²) < 4.78 is 21.7. The Bertz CT molecular complexity index is 851. The monoisotopic (exact) mass is 538 g/mol. The molecule has 0 aromatic heterocycles. The van der Waals surface area contributed by atoms with Crippen molar-refractivity contribution in [1.29, 1.82) is 0 Å². The summed E-state index contributed by atoms with van der Waals surface area (Å²) in [6.45, 7) is 1.90. The SMILES string of the molecule is COc1c(O)c(CCCCCCCCCCO)c(C)c(O[C@H]2OC(C(=O)[O-])[C@H](O)C(O)C2O)c1OC.[Na+]. The number of rotatable bonds is 15. The molecule has 11 nitrogen and oxygen atoms in total.